The van der Waals surface area contributed by atoms with Gasteiger partial charge >= 0.3 is 0 Å². The third-order valence-electron chi connectivity index (χ3n) is 4.63. The molecule has 31 heavy (non-hydrogen) atoms. The molecule has 0 bridgehead atoms. The van der Waals surface area contributed by atoms with Gasteiger partial charge in [0.05, 0.1) is 7.11 Å². The van der Waals surface area contributed by atoms with Gasteiger partial charge < -0.3 is 19.7 Å². The average Bonchev–Trinajstić information content (AvgIpc) is 2.73. The molecule has 0 radical (unpaired) electrons. The van der Waals surface area contributed by atoms with E-state index in [0.29, 0.717) is 33.5 Å². The van der Waals surface area contributed by atoms with E-state index in [9.17, 15) is 9.59 Å². The summed E-state index contributed by atoms with van der Waals surface area (Å²) in [5, 5.41) is 3.74. The highest BCUT2D eigenvalue weighted by Crippen LogP contribution is 2.27. The maximum atomic E-state index is 13.2. The second-order valence-electron chi connectivity index (χ2n) is 7.27. The quantitative estimate of drug-likeness (QED) is 0.550. The summed E-state index contributed by atoms with van der Waals surface area (Å²) in [7, 11) is 1.57. The summed E-state index contributed by atoms with van der Waals surface area (Å²) in [5.74, 6) is 0.616. The molecule has 0 aromatic heterocycles. The molecule has 0 saturated carbocycles. The average molecular weight is 467 g/mol. The van der Waals surface area contributed by atoms with Crippen LogP contribution in [0.1, 0.15) is 32.8 Å². The van der Waals surface area contributed by atoms with Gasteiger partial charge in [-0.05, 0) is 56.7 Å². The molecular weight excluding hydrogens is 439 g/mol. The zero-order valence-electron chi connectivity index (χ0n) is 18.2. The Morgan fingerprint density at radius 3 is 2.13 bits per heavy atom. The summed E-state index contributed by atoms with van der Waals surface area (Å²) in [6, 6.07) is 11.3. The van der Waals surface area contributed by atoms with Crippen molar-refractivity contribution < 1.29 is 19.1 Å². The van der Waals surface area contributed by atoms with Crippen molar-refractivity contribution in [1.29, 1.82) is 0 Å². The van der Waals surface area contributed by atoms with Gasteiger partial charge in [-0.25, -0.2) is 0 Å². The number of rotatable bonds is 10. The fourth-order valence-electron chi connectivity index (χ4n) is 3.05. The number of ether oxygens (including phenoxy) is 2. The van der Waals surface area contributed by atoms with Crippen LogP contribution in [-0.2, 0) is 16.1 Å². The van der Waals surface area contributed by atoms with Crippen molar-refractivity contribution in [1.82, 2.24) is 10.2 Å². The highest BCUT2D eigenvalue weighted by molar-refractivity contribution is 6.36. The molecule has 2 amide bonds. The van der Waals surface area contributed by atoms with Crippen LogP contribution in [0.15, 0.2) is 42.5 Å². The Kier molecular flexibility index (Phi) is 9.46. The first-order valence-corrected chi connectivity index (χ1v) is 10.8. The third-order valence-corrected chi connectivity index (χ3v) is 5.34. The summed E-state index contributed by atoms with van der Waals surface area (Å²) in [6.07, 6.45) is 0.425. The van der Waals surface area contributed by atoms with Crippen molar-refractivity contribution in [3.05, 3.63) is 58.1 Å². The maximum Gasteiger partial charge on any atom is 0.261 e. The van der Waals surface area contributed by atoms with Crippen molar-refractivity contribution >= 4 is 35.0 Å². The van der Waals surface area contributed by atoms with Crippen LogP contribution in [0.2, 0.25) is 10.0 Å². The summed E-state index contributed by atoms with van der Waals surface area (Å²) in [4.78, 5) is 27.4. The Labute approximate surface area is 193 Å². The Morgan fingerprint density at radius 2 is 1.61 bits per heavy atom. The lowest BCUT2D eigenvalue weighted by molar-refractivity contribution is -0.143. The van der Waals surface area contributed by atoms with Crippen molar-refractivity contribution in [2.24, 2.45) is 0 Å². The Hall–Kier alpha value is -2.44. The summed E-state index contributed by atoms with van der Waals surface area (Å²) < 4.78 is 10.8. The van der Waals surface area contributed by atoms with Crippen LogP contribution in [0.3, 0.4) is 0 Å². The molecule has 1 N–H and O–H groups in total. The zero-order valence-corrected chi connectivity index (χ0v) is 19.7. The smallest absolute Gasteiger partial charge is 0.261 e. The van der Waals surface area contributed by atoms with Gasteiger partial charge in [-0.3, -0.25) is 9.59 Å². The van der Waals surface area contributed by atoms with E-state index in [1.807, 2.05) is 20.8 Å². The lowest BCUT2D eigenvalue weighted by atomic mass is 10.1. The van der Waals surface area contributed by atoms with E-state index >= 15 is 0 Å². The van der Waals surface area contributed by atoms with Crippen molar-refractivity contribution in [2.75, 3.05) is 13.7 Å². The predicted molar refractivity (Wildman–Crippen MR) is 123 cm³/mol. The summed E-state index contributed by atoms with van der Waals surface area (Å²) in [5.41, 5.74) is 0.583. The first kappa shape index (κ1) is 24.8. The fourth-order valence-corrected chi connectivity index (χ4v) is 3.57. The minimum absolute atomic E-state index is 0.0575. The monoisotopic (exact) mass is 466 g/mol. The van der Waals surface area contributed by atoms with Gasteiger partial charge in [0, 0.05) is 28.2 Å². The molecule has 0 aliphatic heterocycles. The minimum atomic E-state index is -0.693. The molecule has 2 aromatic carbocycles. The molecule has 8 heteroatoms. The normalized spacial score (nSPS) is 11.7. The third kappa shape index (κ3) is 7.04. The molecule has 6 nitrogen and oxygen atoms in total. The van der Waals surface area contributed by atoms with E-state index in [1.54, 1.807) is 49.6 Å². The van der Waals surface area contributed by atoms with Gasteiger partial charge in [0.25, 0.3) is 5.91 Å². The van der Waals surface area contributed by atoms with Gasteiger partial charge in [0.15, 0.2) is 6.61 Å². The lowest BCUT2D eigenvalue weighted by Gasteiger charge is -2.31. The number of amides is 2. The fraction of sp³-hybridized carbons (Fsp3) is 0.391. The number of methoxy groups -OCH3 is 1. The number of carbonyl (C=O) groups excluding carboxylic acids is 2. The number of carbonyl (C=O) groups is 2. The van der Waals surface area contributed by atoms with E-state index < -0.39 is 6.04 Å². The Balaban J connectivity index is 2.25. The number of nitrogens with zero attached hydrogens (tertiary/aromatic N) is 1. The van der Waals surface area contributed by atoms with Crippen LogP contribution in [0.5, 0.6) is 11.5 Å². The second-order valence-corrected chi connectivity index (χ2v) is 8.09. The topological polar surface area (TPSA) is 67.9 Å². The van der Waals surface area contributed by atoms with Crippen molar-refractivity contribution in [3.63, 3.8) is 0 Å². The molecule has 0 fully saturated rings. The van der Waals surface area contributed by atoms with Crippen molar-refractivity contribution in [2.45, 2.75) is 45.8 Å². The summed E-state index contributed by atoms with van der Waals surface area (Å²) in [6.45, 7) is 5.44. The van der Waals surface area contributed by atoms with Gasteiger partial charge in [-0.15, -0.1) is 0 Å². The van der Waals surface area contributed by atoms with Gasteiger partial charge in [0.2, 0.25) is 5.91 Å². The number of hydrogen-bond donors (Lipinski definition) is 1. The van der Waals surface area contributed by atoms with E-state index in [4.69, 9.17) is 32.7 Å². The largest absolute Gasteiger partial charge is 0.497 e. The lowest BCUT2D eigenvalue weighted by Crippen LogP contribution is -2.51. The first-order chi connectivity index (χ1) is 14.8. The highest BCUT2D eigenvalue weighted by Gasteiger charge is 2.30. The Morgan fingerprint density at radius 1 is 1.03 bits per heavy atom. The molecule has 0 aliphatic carbocycles. The van der Waals surface area contributed by atoms with Crippen molar-refractivity contribution in [3.8, 4) is 11.5 Å². The van der Waals surface area contributed by atoms with Crippen LogP contribution in [-0.4, -0.2) is 42.5 Å². The second kappa shape index (κ2) is 11.8. The molecular formula is C23H28Cl2N2O4. The molecule has 2 aromatic rings. The molecule has 168 valence electrons. The standard InChI is InChI=1S/C23H28Cl2N2O4/c1-5-21(23(29)26-15(2)3)27(13-18-19(24)7-6-8-20(18)25)22(28)14-31-17-11-9-16(30-4)10-12-17/h6-12,15,21H,5,13-14H2,1-4H3,(H,26,29). The van der Waals surface area contributed by atoms with Crippen LogP contribution in [0, 0.1) is 0 Å². The molecule has 0 heterocycles. The van der Waals surface area contributed by atoms with E-state index in [0.717, 1.165) is 0 Å². The van der Waals surface area contributed by atoms with Gasteiger partial charge in [-0.1, -0.05) is 36.2 Å². The van der Waals surface area contributed by atoms with Gasteiger partial charge in [0.1, 0.15) is 17.5 Å². The van der Waals surface area contributed by atoms with Crippen LogP contribution in [0.25, 0.3) is 0 Å². The van der Waals surface area contributed by atoms with E-state index in [-0.39, 0.29) is 31.0 Å². The van der Waals surface area contributed by atoms with Crippen LogP contribution in [0.4, 0.5) is 0 Å². The van der Waals surface area contributed by atoms with E-state index in [1.165, 1.54) is 4.90 Å². The van der Waals surface area contributed by atoms with E-state index in [2.05, 4.69) is 5.32 Å². The number of halogens is 2. The molecule has 0 aliphatic rings. The number of nitrogens with one attached hydrogen (secondary N) is 1. The van der Waals surface area contributed by atoms with Crippen LogP contribution >= 0.6 is 23.2 Å². The first-order valence-electron chi connectivity index (χ1n) is 10.1. The molecule has 1 unspecified atom stereocenters. The molecule has 0 saturated heterocycles. The molecule has 1 atom stereocenters. The summed E-state index contributed by atoms with van der Waals surface area (Å²) >= 11 is 12.7. The minimum Gasteiger partial charge on any atom is -0.497 e. The molecule has 0 spiro atoms. The molecule has 2 rings (SSSR count). The van der Waals surface area contributed by atoms with Gasteiger partial charge in [-0.2, -0.15) is 0 Å². The highest BCUT2D eigenvalue weighted by atomic mass is 35.5. The number of hydrogen-bond acceptors (Lipinski definition) is 4. The SMILES string of the molecule is CCC(C(=O)NC(C)C)N(Cc1c(Cl)cccc1Cl)C(=O)COc1ccc(OC)cc1. The number of benzene rings is 2. The Bertz CT molecular complexity index is 867. The zero-order chi connectivity index (χ0) is 23.0. The maximum absolute atomic E-state index is 13.2. The van der Waals surface area contributed by atoms with Crippen LogP contribution < -0.4 is 14.8 Å². The predicted octanol–water partition coefficient (Wildman–Crippen LogP) is 4.71.